The molecule has 0 spiro atoms. The van der Waals surface area contributed by atoms with E-state index in [-0.39, 0.29) is 0 Å². The van der Waals surface area contributed by atoms with Crippen LogP contribution in [-0.4, -0.2) is 0 Å². The quantitative estimate of drug-likeness (QED) is 0.505. The molecule has 0 aliphatic heterocycles. The number of fused-ring (bicyclic) bond motifs is 1. The van der Waals surface area contributed by atoms with E-state index in [0.717, 1.165) is 5.92 Å². The summed E-state index contributed by atoms with van der Waals surface area (Å²) in [7, 11) is 0. The van der Waals surface area contributed by atoms with Gasteiger partial charge in [-0.05, 0) is 43.4 Å². The van der Waals surface area contributed by atoms with Crippen LogP contribution in [0.5, 0.6) is 0 Å². The van der Waals surface area contributed by atoms with Gasteiger partial charge in [0.25, 0.3) is 0 Å². The maximum atomic E-state index is 3.73. The molecule has 2 unspecified atom stereocenters. The molecule has 2 rings (SSSR count). The molecular formula is C9H14. The van der Waals surface area contributed by atoms with Crippen molar-refractivity contribution >= 4 is 0 Å². The summed E-state index contributed by atoms with van der Waals surface area (Å²) < 4.78 is 0. The van der Waals surface area contributed by atoms with Crippen LogP contribution in [-0.2, 0) is 0 Å². The van der Waals surface area contributed by atoms with Gasteiger partial charge in [-0.2, -0.15) is 0 Å². The minimum Gasteiger partial charge on any atom is -0.103 e. The number of rotatable bonds is 3. The smallest absolute Gasteiger partial charge is 0.0349 e. The van der Waals surface area contributed by atoms with Crippen LogP contribution in [0, 0.1) is 17.8 Å². The first kappa shape index (κ1) is 5.52. The third kappa shape index (κ3) is 0.726. The molecule has 0 N–H and O–H groups in total. The monoisotopic (exact) mass is 122 g/mol. The minimum atomic E-state index is 1.13. The molecule has 0 nitrogen and oxygen atoms in total. The lowest BCUT2D eigenvalue weighted by Crippen LogP contribution is -1.93. The Labute approximate surface area is 57.0 Å². The molecule has 50 valence electrons. The van der Waals surface area contributed by atoms with Crippen LogP contribution in [0.3, 0.4) is 0 Å². The molecule has 2 aliphatic rings. The largest absolute Gasteiger partial charge is 0.103 e. The zero-order chi connectivity index (χ0) is 6.27. The molecule has 2 fully saturated rings. The van der Waals surface area contributed by atoms with Crippen LogP contribution in [0.2, 0.25) is 0 Å². The first-order valence-corrected chi connectivity index (χ1v) is 4.04. The molecule has 0 heteroatoms. The highest BCUT2D eigenvalue weighted by molar-refractivity contribution is 5.04. The molecule has 2 aliphatic carbocycles. The normalized spacial score (nSPS) is 45.1. The van der Waals surface area contributed by atoms with E-state index in [1.165, 1.54) is 37.5 Å². The summed E-state index contributed by atoms with van der Waals surface area (Å²) in [6.45, 7) is 3.73. The molecule has 0 amide bonds. The second-order valence-electron chi connectivity index (χ2n) is 3.43. The molecule has 2 saturated carbocycles. The fraction of sp³-hybridized carbons (Fsp3) is 0.778. The van der Waals surface area contributed by atoms with E-state index >= 15 is 0 Å². The molecule has 0 radical (unpaired) electrons. The van der Waals surface area contributed by atoms with Crippen molar-refractivity contribution in [2.24, 2.45) is 17.8 Å². The van der Waals surface area contributed by atoms with Crippen molar-refractivity contribution in [2.75, 3.05) is 0 Å². The van der Waals surface area contributed by atoms with Gasteiger partial charge in [-0.15, -0.1) is 6.58 Å². The van der Waals surface area contributed by atoms with Gasteiger partial charge in [-0.3, -0.25) is 0 Å². The van der Waals surface area contributed by atoms with Crippen LogP contribution < -0.4 is 0 Å². The Morgan fingerprint density at radius 2 is 2.00 bits per heavy atom. The van der Waals surface area contributed by atoms with Crippen molar-refractivity contribution in [3.05, 3.63) is 12.7 Å². The molecule has 0 aromatic rings. The molecule has 9 heavy (non-hydrogen) atoms. The summed E-state index contributed by atoms with van der Waals surface area (Å²) in [5, 5.41) is 0. The van der Waals surface area contributed by atoms with Gasteiger partial charge in [0, 0.05) is 0 Å². The van der Waals surface area contributed by atoms with Gasteiger partial charge < -0.3 is 0 Å². The van der Waals surface area contributed by atoms with E-state index in [9.17, 15) is 0 Å². The van der Waals surface area contributed by atoms with Gasteiger partial charge in [0.05, 0.1) is 0 Å². The van der Waals surface area contributed by atoms with Crippen LogP contribution in [0.4, 0.5) is 0 Å². The highest BCUT2D eigenvalue weighted by Crippen LogP contribution is 2.62. The maximum absolute atomic E-state index is 3.73. The second-order valence-corrected chi connectivity index (χ2v) is 3.43. The summed E-state index contributed by atoms with van der Waals surface area (Å²) >= 11 is 0. The van der Waals surface area contributed by atoms with E-state index in [1.54, 1.807) is 0 Å². The van der Waals surface area contributed by atoms with Crippen molar-refractivity contribution in [3.63, 3.8) is 0 Å². The molecule has 0 heterocycles. The Bertz CT molecular complexity index is 116. The Hall–Kier alpha value is -0.260. The maximum Gasteiger partial charge on any atom is -0.0349 e. The van der Waals surface area contributed by atoms with Gasteiger partial charge >= 0.3 is 0 Å². The SMILES string of the molecule is C=CCCC1C2CCC12. The van der Waals surface area contributed by atoms with Gasteiger partial charge in [0.15, 0.2) is 0 Å². The molecule has 2 atom stereocenters. The Balaban J connectivity index is 1.71. The highest BCUT2D eigenvalue weighted by atomic mass is 14.6. The molecule has 0 bridgehead atoms. The Morgan fingerprint density at radius 3 is 2.44 bits per heavy atom. The topological polar surface area (TPSA) is 0 Å². The number of hydrogen-bond donors (Lipinski definition) is 0. The lowest BCUT2D eigenvalue weighted by molar-refractivity contribution is 0.468. The van der Waals surface area contributed by atoms with Crippen LogP contribution in [0.25, 0.3) is 0 Å². The predicted octanol–water partition coefficient (Wildman–Crippen LogP) is 2.61. The van der Waals surface area contributed by atoms with Crippen molar-refractivity contribution in [3.8, 4) is 0 Å². The Kier molecular flexibility index (Phi) is 1.14. The first-order valence-electron chi connectivity index (χ1n) is 4.04. The number of allylic oxidation sites excluding steroid dienone is 1. The van der Waals surface area contributed by atoms with Crippen molar-refractivity contribution in [1.29, 1.82) is 0 Å². The fourth-order valence-electron chi connectivity index (χ4n) is 2.24. The van der Waals surface area contributed by atoms with Gasteiger partial charge in [0.2, 0.25) is 0 Å². The Morgan fingerprint density at radius 1 is 1.33 bits per heavy atom. The van der Waals surface area contributed by atoms with Crippen molar-refractivity contribution in [2.45, 2.75) is 25.7 Å². The summed E-state index contributed by atoms with van der Waals surface area (Å²) in [5.74, 6) is 3.47. The lowest BCUT2D eigenvalue weighted by atomic mass is 10.0. The van der Waals surface area contributed by atoms with E-state index in [1.807, 2.05) is 0 Å². The summed E-state index contributed by atoms with van der Waals surface area (Å²) in [6.07, 6.45) is 7.80. The summed E-state index contributed by atoms with van der Waals surface area (Å²) in [4.78, 5) is 0. The first-order chi connectivity index (χ1) is 4.43. The standard InChI is InChI=1S/C9H14/c1-2-3-4-7-8-5-6-9(7)8/h2,7-9H,1,3-6H2. The predicted molar refractivity (Wildman–Crippen MR) is 39.1 cm³/mol. The fourth-order valence-corrected chi connectivity index (χ4v) is 2.24. The van der Waals surface area contributed by atoms with E-state index in [4.69, 9.17) is 0 Å². The van der Waals surface area contributed by atoms with Gasteiger partial charge in [-0.1, -0.05) is 6.08 Å². The third-order valence-electron chi connectivity index (χ3n) is 3.05. The molecule has 0 aromatic carbocycles. The van der Waals surface area contributed by atoms with Crippen LogP contribution in [0.15, 0.2) is 12.7 Å². The molecule has 0 aromatic heterocycles. The van der Waals surface area contributed by atoms with E-state index in [0.29, 0.717) is 0 Å². The zero-order valence-corrected chi connectivity index (χ0v) is 5.84. The molecular weight excluding hydrogens is 108 g/mol. The summed E-state index contributed by atoms with van der Waals surface area (Å²) in [6, 6.07) is 0. The second kappa shape index (κ2) is 1.86. The van der Waals surface area contributed by atoms with Gasteiger partial charge in [-0.25, -0.2) is 0 Å². The summed E-state index contributed by atoms with van der Waals surface area (Å²) in [5.41, 5.74) is 0. The number of hydrogen-bond acceptors (Lipinski definition) is 0. The highest BCUT2D eigenvalue weighted by Gasteiger charge is 2.54. The van der Waals surface area contributed by atoms with E-state index in [2.05, 4.69) is 12.7 Å². The van der Waals surface area contributed by atoms with E-state index < -0.39 is 0 Å². The molecule has 0 saturated heterocycles. The average molecular weight is 122 g/mol. The third-order valence-corrected chi connectivity index (χ3v) is 3.05. The van der Waals surface area contributed by atoms with Crippen molar-refractivity contribution in [1.82, 2.24) is 0 Å². The zero-order valence-electron chi connectivity index (χ0n) is 5.84. The lowest BCUT2D eigenvalue weighted by Gasteiger charge is -2.04. The van der Waals surface area contributed by atoms with Gasteiger partial charge in [0.1, 0.15) is 0 Å². The van der Waals surface area contributed by atoms with Crippen LogP contribution >= 0.6 is 0 Å². The van der Waals surface area contributed by atoms with Crippen molar-refractivity contribution < 1.29 is 0 Å². The average Bonchev–Trinajstić information content (AvgIpc) is 2.27. The minimum absolute atomic E-state index is 1.13. The van der Waals surface area contributed by atoms with Crippen LogP contribution in [0.1, 0.15) is 25.7 Å².